The maximum Gasteiger partial charge on any atom is 0.0354 e. The van der Waals surface area contributed by atoms with Gasteiger partial charge in [-0.2, -0.15) is 0 Å². The maximum absolute atomic E-state index is 5.42. The van der Waals surface area contributed by atoms with Crippen molar-refractivity contribution in [1.82, 2.24) is 0 Å². The van der Waals surface area contributed by atoms with Gasteiger partial charge in [-0.3, -0.25) is 0 Å². The normalized spacial score (nSPS) is 28.4. The minimum Gasteiger partial charge on any atom is -0.382 e. The minimum absolute atomic E-state index is 0.597. The second kappa shape index (κ2) is 5.27. The van der Waals surface area contributed by atoms with E-state index >= 15 is 0 Å². The van der Waals surface area contributed by atoms with Gasteiger partial charge in [-0.15, -0.1) is 6.42 Å². The number of rotatable bonds is 2. The zero-order valence-electron chi connectivity index (χ0n) is 10.7. The van der Waals surface area contributed by atoms with Gasteiger partial charge in [0.05, 0.1) is 0 Å². The third-order valence-electron chi connectivity index (χ3n) is 3.81. The lowest BCUT2D eigenvalue weighted by Crippen LogP contribution is -2.32. The number of hydrogen-bond donors (Lipinski definition) is 1. The number of benzene rings is 1. The Morgan fingerprint density at radius 2 is 2.12 bits per heavy atom. The molecule has 1 nitrogen and oxygen atoms in total. The SMILES string of the molecule is C#Cc1cccc(NC2CCC(C)CC2C)c1. The average molecular weight is 227 g/mol. The Balaban J connectivity index is 2.03. The van der Waals surface area contributed by atoms with E-state index in [9.17, 15) is 0 Å². The van der Waals surface area contributed by atoms with Crippen LogP contribution in [0.4, 0.5) is 5.69 Å². The van der Waals surface area contributed by atoms with E-state index in [1.165, 1.54) is 19.3 Å². The van der Waals surface area contributed by atoms with Crippen molar-refractivity contribution in [3.05, 3.63) is 29.8 Å². The highest BCUT2D eigenvalue weighted by Crippen LogP contribution is 2.30. The highest BCUT2D eigenvalue weighted by molar-refractivity contribution is 5.50. The molecule has 1 aromatic carbocycles. The van der Waals surface area contributed by atoms with Crippen LogP contribution in [-0.4, -0.2) is 6.04 Å². The number of terminal acetylenes is 1. The van der Waals surface area contributed by atoms with Gasteiger partial charge in [-0.05, 0) is 49.3 Å². The summed E-state index contributed by atoms with van der Waals surface area (Å²) in [5.41, 5.74) is 2.11. The van der Waals surface area contributed by atoms with Crippen LogP contribution in [-0.2, 0) is 0 Å². The Hall–Kier alpha value is -1.42. The predicted octanol–water partition coefficient (Wildman–Crippen LogP) is 3.90. The Labute approximate surface area is 105 Å². The molecule has 3 atom stereocenters. The molecule has 0 radical (unpaired) electrons. The number of anilines is 1. The van der Waals surface area contributed by atoms with Gasteiger partial charge in [0, 0.05) is 17.3 Å². The molecule has 1 heteroatoms. The molecule has 1 N–H and O–H groups in total. The van der Waals surface area contributed by atoms with E-state index in [1.807, 2.05) is 12.1 Å². The van der Waals surface area contributed by atoms with Crippen molar-refractivity contribution in [1.29, 1.82) is 0 Å². The standard InChI is InChI=1S/C16H21N/c1-4-14-6-5-7-15(11-14)17-16-9-8-12(2)10-13(16)3/h1,5-7,11-13,16-17H,8-10H2,2-3H3. The van der Waals surface area contributed by atoms with Crippen molar-refractivity contribution in [2.24, 2.45) is 11.8 Å². The molecule has 1 aliphatic carbocycles. The van der Waals surface area contributed by atoms with E-state index in [4.69, 9.17) is 6.42 Å². The fraction of sp³-hybridized carbons (Fsp3) is 0.500. The van der Waals surface area contributed by atoms with Crippen LogP contribution in [0.3, 0.4) is 0 Å². The van der Waals surface area contributed by atoms with Crippen LogP contribution >= 0.6 is 0 Å². The van der Waals surface area contributed by atoms with Gasteiger partial charge in [0.2, 0.25) is 0 Å². The van der Waals surface area contributed by atoms with Crippen LogP contribution in [0.2, 0.25) is 0 Å². The van der Waals surface area contributed by atoms with Crippen LogP contribution in [0.25, 0.3) is 0 Å². The van der Waals surface area contributed by atoms with Crippen molar-refractivity contribution >= 4 is 5.69 Å². The van der Waals surface area contributed by atoms with Crippen molar-refractivity contribution < 1.29 is 0 Å². The maximum atomic E-state index is 5.42. The summed E-state index contributed by atoms with van der Waals surface area (Å²) in [6, 6.07) is 8.75. The molecule has 1 aliphatic rings. The first-order valence-electron chi connectivity index (χ1n) is 6.52. The highest BCUT2D eigenvalue weighted by atomic mass is 14.9. The Kier molecular flexibility index (Phi) is 3.74. The molecule has 1 fully saturated rings. The lowest BCUT2D eigenvalue weighted by Gasteiger charge is -2.33. The molecule has 2 rings (SSSR count). The van der Waals surface area contributed by atoms with Gasteiger partial charge in [-0.1, -0.05) is 25.8 Å². The molecule has 0 aromatic heterocycles. The third kappa shape index (κ3) is 3.03. The second-order valence-electron chi connectivity index (χ2n) is 5.37. The van der Waals surface area contributed by atoms with Gasteiger partial charge >= 0.3 is 0 Å². The zero-order chi connectivity index (χ0) is 12.3. The van der Waals surface area contributed by atoms with Crippen molar-refractivity contribution in [3.8, 4) is 12.3 Å². The monoisotopic (exact) mass is 227 g/mol. The van der Waals surface area contributed by atoms with Crippen LogP contribution in [0.5, 0.6) is 0 Å². The Bertz CT molecular complexity index is 416. The molecule has 90 valence electrons. The fourth-order valence-electron chi connectivity index (χ4n) is 2.79. The fourth-order valence-corrected chi connectivity index (χ4v) is 2.79. The quantitative estimate of drug-likeness (QED) is 0.755. The predicted molar refractivity (Wildman–Crippen MR) is 74.0 cm³/mol. The molecule has 0 saturated heterocycles. The summed E-state index contributed by atoms with van der Waals surface area (Å²) in [6.45, 7) is 4.70. The number of nitrogens with one attached hydrogen (secondary N) is 1. The summed E-state index contributed by atoms with van der Waals surface area (Å²) in [4.78, 5) is 0. The van der Waals surface area contributed by atoms with E-state index < -0.39 is 0 Å². The Morgan fingerprint density at radius 1 is 1.29 bits per heavy atom. The molecule has 3 unspecified atom stereocenters. The number of hydrogen-bond acceptors (Lipinski definition) is 1. The smallest absolute Gasteiger partial charge is 0.0354 e. The van der Waals surface area contributed by atoms with Gasteiger partial charge in [-0.25, -0.2) is 0 Å². The summed E-state index contributed by atoms with van der Waals surface area (Å²) in [5.74, 6) is 4.30. The van der Waals surface area contributed by atoms with Gasteiger partial charge in [0.25, 0.3) is 0 Å². The van der Waals surface area contributed by atoms with E-state index in [0.717, 1.165) is 23.1 Å². The molecule has 0 amide bonds. The van der Waals surface area contributed by atoms with Crippen LogP contribution in [0, 0.1) is 24.2 Å². The molecular formula is C16H21N. The third-order valence-corrected chi connectivity index (χ3v) is 3.81. The first kappa shape index (κ1) is 12.0. The molecular weight excluding hydrogens is 206 g/mol. The van der Waals surface area contributed by atoms with E-state index in [0.29, 0.717) is 6.04 Å². The summed E-state index contributed by atoms with van der Waals surface area (Å²) in [6.07, 6.45) is 9.34. The van der Waals surface area contributed by atoms with Gasteiger partial charge < -0.3 is 5.32 Å². The molecule has 1 saturated carbocycles. The molecule has 0 spiro atoms. The first-order valence-corrected chi connectivity index (χ1v) is 6.52. The summed E-state index contributed by atoms with van der Waals surface area (Å²) in [7, 11) is 0. The molecule has 0 heterocycles. The van der Waals surface area contributed by atoms with Gasteiger partial charge in [0.1, 0.15) is 0 Å². The van der Waals surface area contributed by atoms with Crippen LogP contribution < -0.4 is 5.32 Å². The van der Waals surface area contributed by atoms with Crippen LogP contribution in [0.15, 0.2) is 24.3 Å². The summed E-state index contributed by atoms with van der Waals surface area (Å²) in [5, 5.41) is 3.63. The lowest BCUT2D eigenvalue weighted by molar-refractivity contribution is 0.276. The minimum atomic E-state index is 0.597. The van der Waals surface area contributed by atoms with Crippen LogP contribution in [0.1, 0.15) is 38.7 Å². The first-order chi connectivity index (χ1) is 8.19. The molecule has 17 heavy (non-hydrogen) atoms. The zero-order valence-corrected chi connectivity index (χ0v) is 10.7. The van der Waals surface area contributed by atoms with Crippen molar-refractivity contribution in [3.63, 3.8) is 0 Å². The van der Waals surface area contributed by atoms with E-state index in [-0.39, 0.29) is 0 Å². The summed E-state index contributed by atoms with van der Waals surface area (Å²) < 4.78 is 0. The largest absolute Gasteiger partial charge is 0.382 e. The Morgan fingerprint density at radius 3 is 2.82 bits per heavy atom. The highest BCUT2D eigenvalue weighted by Gasteiger charge is 2.24. The topological polar surface area (TPSA) is 12.0 Å². The average Bonchev–Trinajstić information content (AvgIpc) is 2.33. The van der Waals surface area contributed by atoms with Gasteiger partial charge in [0.15, 0.2) is 0 Å². The lowest BCUT2D eigenvalue weighted by atomic mass is 9.80. The van der Waals surface area contributed by atoms with E-state index in [1.54, 1.807) is 0 Å². The molecule has 1 aromatic rings. The van der Waals surface area contributed by atoms with Crippen molar-refractivity contribution in [2.75, 3.05) is 5.32 Å². The molecule has 0 aliphatic heterocycles. The van der Waals surface area contributed by atoms with E-state index in [2.05, 4.69) is 37.2 Å². The van der Waals surface area contributed by atoms with Crippen molar-refractivity contribution in [2.45, 2.75) is 39.2 Å². The summed E-state index contributed by atoms with van der Waals surface area (Å²) >= 11 is 0. The second-order valence-corrected chi connectivity index (χ2v) is 5.37. The molecule has 0 bridgehead atoms.